The molecule has 0 fully saturated rings. The van der Waals surface area contributed by atoms with E-state index >= 15 is 0 Å². The molecule has 4 N–H and O–H groups in total. The fourth-order valence-electron chi connectivity index (χ4n) is 11.1. The number of rotatable bonds is 78. The highest BCUT2D eigenvalue weighted by atomic mass is 31.2. The van der Waals surface area contributed by atoms with Gasteiger partial charge in [-0.15, -0.1) is 0 Å². The van der Waals surface area contributed by atoms with Gasteiger partial charge in [0.25, 0.3) is 0 Å². The average Bonchev–Trinajstić information content (AvgIpc) is 0.923. The summed E-state index contributed by atoms with van der Waals surface area (Å²) < 4.78 is 61.2. The van der Waals surface area contributed by atoms with Gasteiger partial charge >= 0.3 is 33.6 Å². The van der Waals surface area contributed by atoms with E-state index < -0.39 is 91.5 Å². The lowest BCUT2D eigenvalue weighted by molar-refractivity contribution is -0.161. The van der Waals surface area contributed by atoms with Crippen LogP contribution in [0.25, 0.3) is 0 Å². The number of hydrogen-bond donors (Lipinski definition) is 4. The molecule has 5 unspecified atom stereocenters. The molecule has 0 saturated heterocycles. The molecule has 0 heterocycles. The second-order valence-electron chi connectivity index (χ2n) is 27.6. The van der Waals surface area contributed by atoms with Gasteiger partial charge in [-0.25, -0.2) is 9.13 Å². The second-order valence-corrected chi connectivity index (χ2v) is 30.5. The van der Waals surface area contributed by atoms with Crippen molar-refractivity contribution in [1.82, 2.24) is 0 Å². The summed E-state index contributed by atoms with van der Waals surface area (Å²) in [6.45, 7) is 2.62. The molecule has 0 aliphatic rings. The normalized spacial score (nSPS) is 14.5. The molecule has 0 aromatic carbocycles. The van der Waals surface area contributed by atoms with Crippen LogP contribution in [0.2, 0.25) is 0 Å². The first-order chi connectivity index (χ1) is 50.2. The number of aliphatic hydroxyl groups excluding tert-OH is 2. The number of carbonyl (C=O) groups excluding carboxylic acids is 3. The zero-order chi connectivity index (χ0) is 75.2. The summed E-state index contributed by atoms with van der Waals surface area (Å²) in [5.74, 6) is -1.58. The van der Waals surface area contributed by atoms with Crippen molar-refractivity contribution in [3.63, 3.8) is 0 Å². The predicted octanol–water partition coefficient (Wildman–Crippen LogP) is 24.3. The van der Waals surface area contributed by atoms with Crippen LogP contribution in [0.1, 0.15) is 355 Å². The van der Waals surface area contributed by atoms with Gasteiger partial charge in [0, 0.05) is 19.3 Å². The van der Waals surface area contributed by atoms with Crippen LogP contribution in [0.3, 0.4) is 0 Å². The Labute approximate surface area is 628 Å². The molecule has 0 amide bonds. The van der Waals surface area contributed by atoms with Crippen molar-refractivity contribution in [2.75, 3.05) is 39.6 Å². The topological polar surface area (TPSA) is 231 Å². The van der Waals surface area contributed by atoms with Gasteiger partial charge < -0.3 is 34.2 Å². The molecule has 596 valence electrons. The first-order valence-electron chi connectivity index (χ1n) is 41.2. The van der Waals surface area contributed by atoms with Crippen LogP contribution < -0.4 is 0 Å². The summed E-state index contributed by atoms with van der Waals surface area (Å²) in [6.07, 6.45) is 91.4. The van der Waals surface area contributed by atoms with Gasteiger partial charge in [-0.1, -0.05) is 310 Å². The van der Waals surface area contributed by atoms with Crippen molar-refractivity contribution < 1.29 is 75.8 Å². The molecule has 0 radical (unpaired) electrons. The zero-order valence-electron chi connectivity index (χ0n) is 65.2. The molecule has 0 aromatic heterocycles. The largest absolute Gasteiger partial charge is 0.472 e. The molecule has 0 aliphatic carbocycles. The Morgan fingerprint density at radius 3 is 0.796 bits per heavy atom. The van der Waals surface area contributed by atoms with Crippen LogP contribution in [0.5, 0.6) is 0 Å². The van der Waals surface area contributed by atoms with E-state index in [-0.39, 0.29) is 19.3 Å². The van der Waals surface area contributed by atoms with Gasteiger partial charge in [0.05, 0.1) is 26.4 Å². The Morgan fingerprint density at radius 1 is 0.272 bits per heavy atom. The van der Waals surface area contributed by atoms with E-state index in [1.807, 2.05) is 0 Å². The third kappa shape index (κ3) is 79.1. The lowest BCUT2D eigenvalue weighted by atomic mass is 10.0. The highest BCUT2D eigenvalue weighted by Gasteiger charge is 2.29. The molecule has 5 atom stereocenters. The van der Waals surface area contributed by atoms with Crippen LogP contribution in [-0.2, 0) is 55.8 Å². The van der Waals surface area contributed by atoms with Gasteiger partial charge in [0.2, 0.25) is 0 Å². The van der Waals surface area contributed by atoms with E-state index in [1.165, 1.54) is 161 Å². The average molecular weight is 1490 g/mol. The quantitative estimate of drug-likeness (QED) is 0.0146. The number of unbranched alkanes of at least 4 members (excludes halogenated alkanes) is 37. The third-order valence-electron chi connectivity index (χ3n) is 17.4. The van der Waals surface area contributed by atoms with Gasteiger partial charge in [-0.2, -0.15) is 0 Å². The van der Waals surface area contributed by atoms with Crippen molar-refractivity contribution >= 4 is 33.6 Å². The van der Waals surface area contributed by atoms with Gasteiger partial charge in [-0.3, -0.25) is 32.5 Å². The minimum absolute atomic E-state index is 0.0930. The number of hydrogen-bond acceptors (Lipinski definition) is 14. The Hall–Kier alpha value is -3.79. The number of phosphoric acid groups is 2. The van der Waals surface area contributed by atoms with E-state index in [2.05, 4.69) is 130 Å². The number of esters is 3. The number of aliphatic hydroxyl groups is 2. The molecule has 16 nitrogen and oxygen atoms in total. The molecule has 0 aromatic rings. The Balaban J connectivity index is 4.49. The third-order valence-corrected chi connectivity index (χ3v) is 19.3. The predicted molar refractivity (Wildman–Crippen MR) is 427 cm³/mol. The van der Waals surface area contributed by atoms with Crippen LogP contribution in [0, 0.1) is 0 Å². The first-order valence-corrected chi connectivity index (χ1v) is 44.2. The highest BCUT2D eigenvalue weighted by molar-refractivity contribution is 7.47. The van der Waals surface area contributed by atoms with E-state index in [9.17, 15) is 43.5 Å². The van der Waals surface area contributed by atoms with Gasteiger partial charge in [0.15, 0.2) is 6.10 Å². The summed E-state index contributed by atoms with van der Waals surface area (Å²) in [5, 5.41) is 20.6. The summed E-state index contributed by atoms with van der Waals surface area (Å²) in [5.41, 5.74) is 0. The first kappa shape index (κ1) is 99.2. The highest BCUT2D eigenvalue weighted by Crippen LogP contribution is 2.45. The van der Waals surface area contributed by atoms with Crippen molar-refractivity contribution in [3.8, 4) is 0 Å². The van der Waals surface area contributed by atoms with E-state index in [4.69, 9.17) is 32.3 Å². The molecule has 0 rings (SSSR count). The molecule has 0 aliphatic heterocycles. The fraction of sp³-hybridized carbons (Fsp3) is 0.753. The second kappa shape index (κ2) is 77.8. The van der Waals surface area contributed by atoms with Crippen LogP contribution in [-0.4, -0.2) is 95.9 Å². The summed E-state index contributed by atoms with van der Waals surface area (Å²) in [4.78, 5) is 58.7. The maximum Gasteiger partial charge on any atom is 0.472 e. The van der Waals surface area contributed by atoms with Crippen molar-refractivity contribution in [2.45, 2.75) is 373 Å². The smallest absolute Gasteiger partial charge is 0.463 e. The maximum atomic E-state index is 13.0. The molecule has 18 heteroatoms. The summed E-state index contributed by atoms with van der Waals surface area (Å²) >= 11 is 0. The summed E-state index contributed by atoms with van der Waals surface area (Å²) in [6, 6.07) is 0. The molecule has 0 bridgehead atoms. The van der Waals surface area contributed by atoms with E-state index in [1.54, 1.807) is 0 Å². The Bertz CT molecular complexity index is 2310. The SMILES string of the molecule is CCCCC/C=C\C/C=C\C/C=C\C/C=C\CCCCCCCCCCCCCCCC(=O)OCC(O)COP(=O)(O)OCC(O)COP(=O)(O)OCC(COC(=O)CCCCCCCCCCC/C=C\C/C=C\C/C=C\C/C=C\CCCCC)OC(=O)CCCCCCC/C=C\CCCCCC. The fourth-order valence-corrected chi connectivity index (χ4v) is 12.7. The summed E-state index contributed by atoms with van der Waals surface area (Å²) in [7, 11) is -9.79. The van der Waals surface area contributed by atoms with Crippen LogP contribution >= 0.6 is 15.6 Å². The number of allylic oxidation sites excluding steroid dienone is 18. The van der Waals surface area contributed by atoms with Crippen molar-refractivity contribution in [1.29, 1.82) is 0 Å². The van der Waals surface area contributed by atoms with Gasteiger partial charge in [-0.05, 0) is 135 Å². The standard InChI is InChI=1S/C85H150O16P2/c1-4-7-10-13-16-19-22-25-27-29-31-33-35-37-38-39-40-42-44-45-47-49-51-54-56-59-62-65-68-71-83(88)95-74-80(86)75-97-102(91,92)98-76-81(87)77-99-103(93,94)100-79-82(101-85(90)73-70-67-64-61-58-53-24-21-18-15-12-9-6-3)78-96-84(89)72-69-66-63-60-57-55-52-50-48-46-43-41-36-34-32-30-28-26-23-20-17-14-11-8-5-2/h16-17,19-21,24-28,31-34,37-38,41,43,80-82,86-87H,4-15,18,22-23,29-30,35-36,39-40,42,44-79H2,1-3H3,(H,91,92)(H,93,94)/b19-16-,20-17-,24-21-,27-25-,28-26-,33-31-,34-32-,38-37-,43-41-. The molecule has 0 saturated carbocycles. The van der Waals surface area contributed by atoms with Crippen molar-refractivity contribution in [2.24, 2.45) is 0 Å². The minimum atomic E-state index is -4.93. The molecular formula is C85H150O16P2. The van der Waals surface area contributed by atoms with E-state index in [0.29, 0.717) is 19.3 Å². The Kier molecular flexibility index (Phi) is 74.9. The van der Waals surface area contributed by atoms with Crippen molar-refractivity contribution in [3.05, 3.63) is 109 Å². The lowest BCUT2D eigenvalue weighted by Crippen LogP contribution is -2.30. The number of phosphoric ester groups is 2. The lowest BCUT2D eigenvalue weighted by Gasteiger charge is -2.21. The Morgan fingerprint density at radius 2 is 0.485 bits per heavy atom. The maximum absolute atomic E-state index is 13.0. The van der Waals surface area contributed by atoms with E-state index in [0.717, 1.165) is 135 Å². The van der Waals surface area contributed by atoms with Crippen LogP contribution in [0.4, 0.5) is 0 Å². The number of carbonyl (C=O) groups is 3. The monoisotopic (exact) mass is 1490 g/mol. The number of ether oxygens (including phenoxy) is 3. The zero-order valence-corrected chi connectivity index (χ0v) is 67.0. The molecule has 103 heavy (non-hydrogen) atoms. The van der Waals surface area contributed by atoms with Crippen LogP contribution in [0.15, 0.2) is 109 Å². The minimum Gasteiger partial charge on any atom is -0.463 e. The molecular weight excluding hydrogens is 1340 g/mol. The van der Waals surface area contributed by atoms with Gasteiger partial charge in [0.1, 0.15) is 25.4 Å². The molecule has 0 spiro atoms.